The highest BCUT2D eigenvalue weighted by Crippen LogP contribution is 2.28. The molecule has 0 bridgehead atoms. The number of aliphatic hydroxyl groups excluding tert-OH is 1. The first-order chi connectivity index (χ1) is 6.99. The van der Waals surface area contributed by atoms with Gasteiger partial charge in [0.05, 0.1) is 6.61 Å². The van der Waals surface area contributed by atoms with Gasteiger partial charge < -0.3 is 10.2 Å². The second-order valence-corrected chi connectivity index (χ2v) is 4.78. The minimum atomic E-state index is -0.780. The molecule has 0 radical (unpaired) electrons. The first-order valence-corrected chi connectivity index (χ1v) is 5.58. The zero-order valence-electron chi connectivity index (χ0n) is 9.68. The van der Waals surface area contributed by atoms with Crippen molar-refractivity contribution in [2.24, 2.45) is 11.8 Å². The Kier molecular flexibility index (Phi) is 4.11. The fraction of sp³-hybridized carbons (Fsp3) is 0.909. The van der Waals surface area contributed by atoms with Gasteiger partial charge in [0.15, 0.2) is 0 Å². The van der Waals surface area contributed by atoms with Crippen molar-refractivity contribution in [1.29, 1.82) is 0 Å². The second-order valence-electron chi connectivity index (χ2n) is 4.78. The van der Waals surface area contributed by atoms with Gasteiger partial charge in [-0.05, 0) is 24.8 Å². The van der Waals surface area contributed by atoms with E-state index in [1.54, 1.807) is 0 Å². The molecule has 3 unspecified atom stereocenters. The first kappa shape index (κ1) is 12.5. The van der Waals surface area contributed by atoms with Crippen LogP contribution in [0.5, 0.6) is 0 Å². The van der Waals surface area contributed by atoms with E-state index >= 15 is 0 Å². The largest absolute Gasteiger partial charge is 0.480 e. The average Bonchev–Trinajstić information content (AvgIpc) is 2.46. The number of aliphatic hydroxyl groups is 1. The summed E-state index contributed by atoms with van der Waals surface area (Å²) in [6.07, 6.45) is 0.974. The van der Waals surface area contributed by atoms with Gasteiger partial charge in [0.25, 0.3) is 0 Å². The molecule has 0 spiro atoms. The van der Waals surface area contributed by atoms with Gasteiger partial charge in [-0.1, -0.05) is 20.8 Å². The van der Waals surface area contributed by atoms with E-state index in [-0.39, 0.29) is 18.6 Å². The van der Waals surface area contributed by atoms with Gasteiger partial charge >= 0.3 is 5.97 Å². The molecule has 1 aliphatic rings. The van der Waals surface area contributed by atoms with Crippen LogP contribution in [-0.2, 0) is 4.79 Å². The lowest BCUT2D eigenvalue weighted by atomic mass is 9.99. The van der Waals surface area contributed by atoms with Crippen LogP contribution >= 0.6 is 0 Å². The molecule has 0 amide bonds. The fourth-order valence-electron chi connectivity index (χ4n) is 2.48. The molecule has 88 valence electrons. The fourth-order valence-corrected chi connectivity index (χ4v) is 2.48. The summed E-state index contributed by atoms with van der Waals surface area (Å²) in [5, 5.41) is 18.5. The second kappa shape index (κ2) is 4.94. The van der Waals surface area contributed by atoms with Gasteiger partial charge in [-0.25, -0.2) is 0 Å². The molecule has 0 aromatic rings. The highest BCUT2D eigenvalue weighted by atomic mass is 16.4. The maximum atomic E-state index is 11.2. The summed E-state index contributed by atoms with van der Waals surface area (Å²) in [6, 6.07) is -0.458. The van der Waals surface area contributed by atoms with Crippen LogP contribution in [0, 0.1) is 11.8 Å². The number of carboxylic acids is 1. The predicted octanol–water partition coefficient (Wildman–Crippen LogP) is 0.798. The van der Waals surface area contributed by atoms with Crippen molar-refractivity contribution < 1.29 is 15.0 Å². The molecule has 4 nitrogen and oxygen atoms in total. The first-order valence-electron chi connectivity index (χ1n) is 5.58. The molecule has 1 fully saturated rings. The Morgan fingerprint density at radius 2 is 2.13 bits per heavy atom. The topological polar surface area (TPSA) is 60.8 Å². The van der Waals surface area contributed by atoms with Gasteiger partial charge in [0, 0.05) is 6.04 Å². The summed E-state index contributed by atoms with van der Waals surface area (Å²) in [4.78, 5) is 13.1. The number of carbonyl (C=O) groups is 1. The van der Waals surface area contributed by atoms with E-state index < -0.39 is 12.0 Å². The van der Waals surface area contributed by atoms with Crippen molar-refractivity contribution >= 4 is 5.97 Å². The third-order valence-corrected chi connectivity index (χ3v) is 3.35. The van der Waals surface area contributed by atoms with Gasteiger partial charge in [0.2, 0.25) is 0 Å². The molecular formula is C11H21NO3. The molecule has 1 heterocycles. The zero-order chi connectivity index (χ0) is 11.6. The van der Waals surface area contributed by atoms with Crippen molar-refractivity contribution in [1.82, 2.24) is 4.90 Å². The Balaban J connectivity index is 2.80. The summed E-state index contributed by atoms with van der Waals surface area (Å²) >= 11 is 0. The molecule has 2 N–H and O–H groups in total. The lowest BCUT2D eigenvalue weighted by Crippen LogP contribution is -2.49. The van der Waals surface area contributed by atoms with Crippen molar-refractivity contribution in [2.45, 2.75) is 39.3 Å². The number of rotatable bonds is 4. The number of hydrogen-bond donors (Lipinski definition) is 2. The van der Waals surface area contributed by atoms with Crippen LogP contribution in [0.4, 0.5) is 0 Å². The van der Waals surface area contributed by atoms with E-state index in [1.807, 2.05) is 18.7 Å². The number of nitrogens with zero attached hydrogens (tertiary/aromatic N) is 1. The standard InChI is InChI=1S/C11H21NO3/c1-7(2)10(11(14)15)12-5-4-8(3)9(12)6-13/h7-10,13H,4-6H2,1-3H3,(H,14,15). The Morgan fingerprint density at radius 1 is 1.53 bits per heavy atom. The van der Waals surface area contributed by atoms with Crippen molar-refractivity contribution in [2.75, 3.05) is 13.2 Å². The normalized spacial score (nSPS) is 29.7. The summed E-state index contributed by atoms with van der Waals surface area (Å²) < 4.78 is 0. The minimum Gasteiger partial charge on any atom is -0.480 e. The van der Waals surface area contributed by atoms with E-state index in [4.69, 9.17) is 0 Å². The molecule has 4 heteroatoms. The summed E-state index contributed by atoms with van der Waals surface area (Å²) in [6.45, 7) is 6.73. The van der Waals surface area contributed by atoms with E-state index in [0.717, 1.165) is 13.0 Å². The molecule has 0 aliphatic carbocycles. The molecule has 3 atom stereocenters. The number of carboxylic acid groups (broad SMARTS) is 1. The number of aliphatic carboxylic acids is 1. The van der Waals surface area contributed by atoms with Crippen LogP contribution in [0.2, 0.25) is 0 Å². The average molecular weight is 215 g/mol. The van der Waals surface area contributed by atoms with Crippen molar-refractivity contribution in [3.8, 4) is 0 Å². The van der Waals surface area contributed by atoms with Crippen LogP contribution in [0.15, 0.2) is 0 Å². The van der Waals surface area contributed by atoms with E-state index in [1.165, 1.54) is 0 Å². The van der Waals surface area contributed by atoms with Crippen LogP contribution < -0.4 is 0 Å². The lowest BCUT2D eigenvalue weighted by molar-refractivity contribution is -0.146. The van der Waals surface area contributed by atoms with Gasteiger partial charge in [0.1, 0.15) is 6.04 Å². The third-order valence-electron chi connectivity index (χ3n) is 3.35. The van der Waals surface area contributed by atoms with Crippen LogP contribution in [-0.4, -0.2) is 46.3 Å². The summed E-state index contributed by atoms with van der Waals surface area (Å²) in [5.74, 6) is -0.324. The maximum Gasteiger partial charge on any atom is 0.321 e. The van der Waals surface area contributed by atoms with Crippen LogP contribution in [0.25, 0.3) is 0 Å². The van der Waals surface area contributed by atoms with E-state index in [9.17, 15) is 15.0 Å². The zero-order valence-corrected chi connectivity index (χ0v) is 9.68. The molecule has 1 aliphatic heterocycles. The van der Waals surface area contributed by atoms with Gasteiger partial charge in [-0.2, -0.15) is 0 Å². The number of hydrogen-bond acceptors (Lipinski definition) is 3. The van der Waals surface area contributed by atoms with Gasteiger partial charge in [-0.3, -0.25) is 9.69 Å². The molecule has 0 aromatic carbocycles. The van der Waals surface area contributed by atoms with Crippen molar-refractivity contribution in [3.05, 3.63) is 0 Å². The third kappa shape index (κ3) is 2.49. The molecule has 1 saturated heterocycles. The Labute approximate surface area is 90.9 Å². The monoisotopic (exact) mass is 215 g/mol. The minimum absolute atomic E-state index is 0.00787. The van der Waals surface area contributed by atoms with E-state index in [2.05, 4.69) is 6.92 Å². The molecule has 0 aromatic heterocycles. The summed E-state index contributed by atoms with van der Waals surface area (Å²) in [5.41, 5.74) is 0. The SMILES string of the molecule is CC(C)C(C(=O)O)N1CCC(C)C1CO. The highest BCUT2D eigenvalue weighted by molar-refractivity contribution is 5.73. The number of likely N-dealkylation sites (tertiary alicyclic amines) is 1. The van der Waals surface area contributed by atoms with Crippen molar-refractivity contribution in [3.63, 3.8) is 0 Å². The highest BCUT2D eigenvalue weighted by Gasteiger charge is 2.39. The molecule has 15 heavy (non-hydrogen) atoms. The maximum absolute atomic E-state index is 11.2. The van der Waals surface area contributed by atoms with E-state index in [0.29, 0.717) is 5.92 Å². The van der Waals surface area contributed by atoms with Crippen LogP contribution in [0.1, 0.15) is 27.2 Å². The predicted molar refractivity (Wildman–Crippen MR) is 57.6 cm³/mol. The van der Waals surface area contributed by atoms with Gasteiger partial charge in [-0.15, -0.1) is 0 Å². The lowest BCUT2D eigenvalue weighted by Gasteiger charge is -2.32. The smallest absolute Gasteiger partial charge is 0.321 e. The molecule has 1 rings (SSSR count). The quantitative estimate of drug-likeness (QED) is 0.728. The van der Waals surface area contributed by atoms with Crippen LogP contribution in [0.3, 0.4) is 0 Å². The Morgan fingerprint density at radius 3 is 2.53 bits per heavy atom. The molecule has 0 saturated carbocycles. The Hall–Kier alpha value is -0.610. The molecular weight excluding hydrogens is 194 g/mol. The Bertz CT molecular complexity index is 230. The summed E-state index contributed by atoms with van der Waals surface area (Å²) in [7, 11) is 0.